The Balaban J connectivity index is 3.06. The van der Waals surface area contributed by atoms with E-state index < -0.39 is 13.2 Å². The minimum absolute atomic E-state index is 0.126. The Morgan fingerprint density at radius 3 is 2.09 bits per heavy atom. The molecule has 0 saturated carbocycles. The van der Waals surface area contributed by atoms with Gasteiger partial charge in [-0.1, -0.05) is 27.7 Å². The summed E-state index contributed by atoms with van der Waals surface area (Å²) in [6.45, 7) is 8.31. The number of aliphatic hydroxyl groups excluding tert-OH is 1. The summed E-state index contributed by atoms with van der Waals surface area (Å²) < 4.78 is 19.1. The highest BCUT2D eigenvalue weighted by atomic mass is 31.2. The van der Waals surface area contributed by atoms with Crippen LogP contribution in [0.4, 0.5) is 5.69 Å². The van der Waals surface area contributed by atoms with E-state index in [2.05, 4.69) is 13.8 Å². The molecule has 0 heterocycles. The third-order valence-electron chi connectivity index (χ3n) is 3.65. The molecule has 0 radical (unpaired) electrons. The number of aliphatic hydroxyl groups is 1. The standard InChI is InChI=1S/C17H30NO3P/c1-13(2)11-12-21-22(20,17(19)14(3)4)16-9-7-15(8-10-16)18(5)6/h7-10,13-14,17,19H,11-12H2,1-6H3/t17-,22-/m0/s1. The number of benzene rings is 1. The lowest BCUT2D eigenvalue weighted by atomic mass is 10.2. The number of rotatable bonds is 8. The van der Waals surface area contributed by atoms with Gasteiger partial charge < -0.3 is 14.5 Å². The maximum Gasteiger partial charge on any atom is 0.259 e. The van der Waals surface area contributed by atoms with Crippen LogP contribution in [-0.2, 0) is 9.09 Å². The van der Waals surface area contributed by atoms with E-state index in [1.165, 1.54) is 0 Å². The minimum atomic E-state index is -3.29. The van der Waals surface area contributed by atoms with Gasteiger partial charge in [-0.25, -0.2) is 0 Å². The van der Waals surface area contributed by atoms with Gasteiger partial charge in [0, 0.05) is 25.1 Å². The third kappa shape index (κ3) is 4.84. The molecule has 0 aromatic heterocycles. The first-order chi connectivity index (χ1) is 10.2. The number of nitrogens with zero attached hydrogens (tertiary/aromatic N) is 1. The average Bonchev–Trinajstić information content (AvgIpc) is 2.45. The summed E-state index contributed by atoms with van der Waals surface area (Å²) in [4.78, 5) is 1.98. The smallest absolute Gasteiger partial charge is 0.259 e. The maximum absolute atomic E-state index is 13.3. The summed E-state index contributed by atoms with van der Waals surface area (Å²) in [6, 6.07) is 7.41. The van der Waals surface area contributed by atoms with Gasteiger partial charge in [-0.2, -0.15) is 0 Å². The Bertz CT molecular complexity index is 497. The Hall–Kier alpha value is -0.830. The molecule has 126 valence electrons. The van der Waals surface area contributed by atoms with Crippen molar-refractivity contribution in [2.24, 2.45) is 11.8 Å². The summed E-state index contributed by atoms with van der Waals surface area (Å²) in [7, 11) is 0.622. The van der Waals surface area contributed by atoms with E-state index >= 15 is 0 Å². The van der Waals surface area contributed by atoms with Gasteiger partial charge in [-0.15, -0.1) is 0 Å². The van der Waals surface area contributed by atoms with E-state index in [0.29, 0.717) is 17.8 Å². The van der Waals surface area contributed by atoms with E-state index in [1.807, 2.05) is 45.0 Å². The Morgan fingerprint density at radius 2 is 1.68 bits per heavy atom. The highest BCUT2D eigenvalue weighted by Gasteiger charge is 2.37. The lowest BCUT2D eigenvalue weighted by Crippen LogP contribution is -2.24. The van der Waals surface area contributed by atoms with Crippen molar-refractivity contribution in [3.05, 3.63) is 24.3 Å². The molecule has 0 spiro atoms. The van der Waals surface area contributed by atoms with E-state index in [4.69, 9.17) is 4.52 Å². The second-order valence-corrected chi connectivity index (χ2v) is 9.18. The number of anilines is 1. The molecule has 0 amide bonds. The van der Waals surface area contributed by atoms with Crippen molar-refractivity contribution in [1.82, 2.24) is 0 Å². The molecule has 1 rings (SSSR count). The summed E-state index contributed by atoms with van der Waals surface area (Å²) in [5, 5.41) is 11.0. The van der Waals surface area contributed by atoms with Crippen molar-refractivity contribution in [3.8, 4) is 0 Å². The van der Waals surface area contributed by atoms with Gasteiger partial charge in [0.2, 0.25) is 0 Å². The second kappa shape index (κ2) is 8.14. The van der Waals surface area contributed by atoms with Crippen molar-refractivity contribution in [2.45, 2.75) is 40.0 Å². The van der Waals surface area contributed by atoms with Gasteiger partial charge in [0.1, 0.15) is 5.85 Å². The van der Waals surface area contributed by atoms with Gasteiger partial charge >= 0.3 is 0 Å². The van der Waals surface area contributed by atoms with Crippen LogP contribution in [0.1, 0.15) is 34.1 Å². The Morgan fingerprint density at radius 1 is 1.14 bits per heavy atom. The highest BCUT2D eigenvalue weighted by molar-refractivity contribution is 7.67. The SMILES string of the molecule is CC(C)CCO[P@@](=O)(c1ccc(N(C)C)cc1)[C@H](O)C(C)C. The maximum atomic E-state index is 13.3. The first-order valence-electron chi connectivity index (χ1n) is 7.88. The van der Waals surface area contributed by atoms with Crippen LogP contribution in [0.3, 0.4) is 0 Å². The Labute approximate surface area is 134 Å². The van der Waals surface area contributed by atoms with E-state index in [-0.39, 0.29) is 5.92 Å². The summed E-state index contributed by atoms with van der Waals surface area (Å²) in [5.74, 6) is -0.635. The molecule has 1 aromatic rings. The Kier molecular flexibility index (Phi) is 7.11. The molecule has 22 heavy (non-hydrogen) atoms. The van der Waals surface area contributed by atoms with Crippen LogP contribution in [0.2, 0.25) is 0 Å². The summed E-state index contributed by atoms with van der Waals surface area (Å²) in [6.07, 6.45) is 0.824. The normalized spacial score (nSPS) is 15.9. The quantitative estimate of drug-likeness (QED) is 0.740. The number of hydrogen-bond donors (Lipinski definition) is 1. The molecule has 0 saturated heterocycles. The van der Waals surface area contributed by atoms with E-state index in [9.17, 15) is 9.67 Å². The van der Waals surface area contributed by atoms with E-state index in [1.54, 1.807) is 12.1 Å². The predicted octanol–water partition coefficient (Wildman–Crippen LogP) is 3.69. The molecular weight excluding hydrogens is 297 g/mol. The lowest BCUT2D eigenvalue weighted by Gasteiger charge is -2.27. The van der Waals surface area contributed by atoms with Gasteiger partial charge in [0.15, 0.2) is 0 Å². The monoisotopic (exact) mass is 327 g/mol. The lowest BCUT2D eigenvalue weighted by molar-refractivity contribution is 0.169. The molecule has 0 bridgehead atoms. The van der Waals surface area contributed by atoms with Gasteiger partial charge in [-0.3, -0.25) is 4.57 Å². The molecule has 0 aliphatic rings. The minimum Gasteiger partial charge on any atom is -0.382 e. The van der Waals surface area contributed by atoms with Crippen LogP contribution in [0.25, 0.3) is 0 Å². The molecule has 2 atom stereocenters. The summed E-state index contributed by atoms with van der Waals surface area (Å²) >= 11 is 0. The van der Waals surface area contributed by atoms with Crippen molar-refractivity contribution in [3.63, 3.8) is 0 Å². The van der Waals surface area contributed by atoms with Crippen LogP contribution >= 0.6 is 7.37 Å². The molecule has 0 aliphatic heterocycles. The second-order valence-electron chi connectivity index (χ2n) is 6.68. The number of hydrogen-bond acceptors (Lipinski definition) is 4. The zero-order valence-electron chi connectivity index (χ0n) is 14.6. The van der Waals surface area contributed by atoms with Crippen LogP contribution in [0.15, 0.2) is 24.3 Å². The average molecular weight is 327 g/mol. The van der Waals surface area contributed by atoms with Gasteiger partial charge in [0.25, 0.3) is 7.37 Å². The third-order valence-corrected chi connectivity index (χ3v) is 6.53. The molecule has 5 heteroatoms. The predicted molar refractivity (Wildman–Crippen MR) is 94.3 cm³/mol. The first-order valence-corrected chi connectivity index (χ1v) is 9.58. The molecular formula is C17H30NO3P. The van der Waals surface area contributed by atoms with Crippen LogP contribution in [0.5, 0.6) is 0 Å². The molecule has 1 N–H and O–H groups in total. The fraction of sp³-hybridized carbons (Fsp3) is 0.647. The van der Waals surface area contributed by atoms with Crippen molar-refractivity contribution in [2.75, 3.05) is 25.6 Å². The van der Waals surface area contributed by atoms with Gasteiger partial charge in [0.05, 0.1) is 6.61 Å². The topological polar surface area (TPSA) is 49.8 Å². The highest BCUT2D eigenvalue weighted by Crippen LogP contribution is 2.52. The van der Waals surface area contributed by atoms with Crippen LogP contribution in [-0.4, -0.2) is 31.7 Å². The summed E-state index contributed by atoms with van der Waals surface area (Å²) in [5.41, 5.74) is 1.02. The molecule has 4 nitrogen and oxygen atoms in total. The molecule has 0 unspecified atom stereocenters. The fourth-order valence-electron chi connectivity index (χ4n) is 2.08. The molecule has 0 fully saturated rings. The van der Waals surface area contributed by atoms with Crippen molar-refractivity contribution in [1.29, 1.82) is 0 Å². The van der Waals surface area contributed by atoms with Crippen LogP contribution in [0, 0.1) is 11.8 Å². The van der Waals surface area contributed by atoms with Crippen molar-refractivity contribution >= 4 is 18.4 Å². The molecule has 1 aromatic carbocycles. The zero-order valence-corrected chi connectivity index (χ0v) is 15.5. The van der Waals surface area contributed by atoms with Crippen molar-refractivity contribution < 1.29 is 14.2 Å². The van der Waals surface area contributed by atoms with E-state index in [0.717, 1.165) is 12.1 Å². The first kappa shape index (κ1) is 19.2. The zero-order chi connectivity index (χ0) is 16.9. The fourth-order valence-corrected chi connectivity index (χ4v) is 4.41. The van der Waals surface area contributed by atoms with Crippen LogP contribution < -0.4 is 10.2 Å². The van der Waals surface area contributed by atoms with Gasteiger partial charge in [-0.05, 0) is 42.5 Å². The molecule has 0 aliphatic carbocycles. The largest absolute Gasteiger partial charge is 0.382 e.